The molecule has 0 radical (unpaired) electrons. The van der Waals surface area contributed by atoms with Gasteiger partial charge in [0.1, 0.15) is 0 Å². The van der Waals surface area contributed by atoms with Crippen molar-refractivity contribution in [2.45, 2.75) is 39.0 Å². The van der Waals surface area contributed by atoms with Gasteiger partial charge in [0.25, 0.3) is 0 Å². The number of halogens is 1. The van der Waals surface area contributed by atoms with Crippen molar-refractivity contribution in [3.63, 3.8) is 0 Å². The van der Waals surface area contributed by atoms with Gasteiger partial charge in [-0.2, -0.15) is 0 Å². The molecule has 0 fully saturated rings. The van der Waals surface area contributed by atoms with E-state index < -0.39 is 0 Å². The summed E-state index contributed by atoms with van der Waals surface area (Å²) in [6.07, 6.45) is 2.38. The van der Waals surface area contributed by atoms with Gasteiger partial charge in [0.15, 0.2) is 0 Å². The monoisotopic (exact) mass is 283 g/mol. The highest BCUT2D eigenvalue weighted by atomic mass is 79.9. The molecule has 0 heterocycles. The second-order valence-electron chi connectivity index (χ2n) is 4.89. The zero-order valence-corrected chi connectivity index (χ0v) is 12.1. The first-order chi connectivity index (χ1) is 7.56. The van der Waals surface area contributed by atoms with Gasteiger partial charge in [-0.3, -0.25) is 0 Å². The van der Waals surface area contributed by atoms with Crippen LogP contribution >= 0.6 is 15.9 Å². The van der Waals surface area contributed by atoms with Crippen molar-refractivity contribution in [2.24, 2.45) is 0 Å². The lowest BCUT2D eigenvalue weighted by molar-refractivity contribution is 0.457. The Morgan fingerprint density at radius 2 is 1.75 bits per heavy atom. The Kier molecular flexibility index (Phi) is 5.50. The first kappa shape index (κ1) is 13.7. The first-order valence-corrected chi connectivity index (χ1v) is 6.82. The molecule has 1 nitrogen and oxygen atoms in total. The second-order valence-corrected chi connectivity index (χ2v) is 5.81. The van der Waals surface area contributed by atoms with E-state index in [4.69, 9.17) is 0 Å². The molecule has 0 spiro atoms. The van der Waals surface area contributed by atoms with Gasteiger partial charge in [0.2, 0.25) is 0 Å². The summed E-state index contributed by atoms with van der Waals surface area (Å²) in [4.78, 5) is 0. The van der Waals surface area contributed by atoms with Crippen LogP contribution in [0.4, 0.5) is 0 Å². The predicted molar refractivity (Wildman–Crippen MR) is 74.9 cm³/mol. The predicted octanol–water partition coefficient (Wildman–Crippen LogP) is 4.12. The van der Waals surface area contributed by atoms with Crippen molar-refractivity contribution in [1.29, 1.82) is 0 Å². The Balaban J connectivity index is 2.52. The number of hydrogen-bond acceptors (Lipinski definition) is 1. The van der Waals surface area contributed by atoms with Gasteiger partial charge >= 0.3 is 0 Å². The summed E-state index contributed by atoms with van der Waals surface area (Å²) >= 11 is 3.47. The Morgan fingerprint density at radius 1 is 1.12 bits per heavy atom. The second kappa shape index (κ2) is 6.41. The molecule has 0 aliphatic rings. The summed E-state index contributed by atoms with van der Waals surface area (Å²) in [6.45, 7) is 9.04. The highest BCUT2D eigenvalue weighted by molar-refractivity contribution is 9.10. The third-order valence-electron chi connectivity index (χ3n) is 2.98. The van der Waals surface area contributed by atoms with Crippen LogP contribution in [0, 0.1) is 0 Å². The topological polar surface area (TPSA) is 12.0 Å². The minimum atomic E-state index is 0.251. The van der Waals surface area contributed by atoms with Gasteiger partial charge in [0.05, 0.1) is 0 Å². The van der Waals surface area contributed by atoms with E-state index in [2.05, 4.69) is 66.3 Å². The molecular formula is C14H22BrN. The molecule has 1 aromatic carbocycles. The highest BCUT2D eigenvalue weighted by Crippen LogP contribution is 2.27. The molecule has 0 aliphatic carbocycles. The standard InChI is InChI=1S/C14H22BrN/c1-4-10-16-11-9-14(2,3)12-5-7-13(15)8-6-12/h5-8,16H,4,9-11H2,1-3H3. The average Bonchev–Trinajstić information content (AvgIpc) is 2.25. The van der Waals surface area contributed by atoms with E-state index in [9.17, 15) is 0 Å². The van der Waals surface area contributed by atoms with Crippen LogP contribution in [0.25, 0.3) is 0 Å². The summed E-state index contributed by atoms with van der Waals surface area (Å²) < 4.78 is 1.15. The largest absolute Gasteiger partial charge is 0.317 e. The van der Waals surface area contributed by atoms with E-state index in [1.807, 2.05) is 0 Å². The molecule has 0 amide bonds. The lowest BCUT2D eigenvalue weighted by Gasteiger charge is -2.25. The van der Waals surface area contributed by atoms with Gasteiger partial charge in [0, 0.05) is 4.47 Å². The van der Waals surface area contributed by atoms with E-state index in [0.29, 0.717) is 0 Å². The minimum absolute atomic E-state index is 0.251. The highest BCUT2D eigenvalue weighted by Gasteiger charge is 2.19. The Bertz CT molecular complexity index is 303. The summed E-state index contributed by atoms with van der Waals surface area (Å²) in [6, 6.07) is 8.67. The Hall–Kier alpha value is -0.340. The zero-order chi connectivity index (χ0) is 12.0. The maximum absolute atomic E-state index is 3.47. The van der Waals surface area contributed by atoms with Gasteiger partial charge in [-0.25, -0.2) is 0 Å². The molecular weight excluding hydrogens is 262 g/mol. The number of rotatable bonds is 6. The Morgan fingerprint density at radius 3 is 2.31 bits per heavy atom. The van der Waals surface area contributed by atoms with Crippen molar-refractivity contribution in [3.05, 3.63) is 34.3 Å². The summed E-state index contributed by atoms with van der Waals surface area (Å²) in [7, 11) is 0. The molecule has 0 saturated heterocycles. The molecule has 0 aromatic heterocycles. The molecule has 0 atom stereocenters. The van der Waals surface area contributed by atoms with E-state index >= 15 is 0 Å². The number of hydrogen-bond donors (Lipinski definition) is 1. The summed E-state index contributed by atoms with van der Waals surface area (Å²) in [5.74, 6) is 0. The lowest BCUT2D eigenvalue weighted by Crippen LogP contribution is -2.25. The van der Waals surface area contributed by atoms with Crippen molar-refractivity contribution in [1.82, 2.24) is 5.32 Å². The smallest absolute Gasteiger partial charge is 0.0175 e. The lowest BCUT2D eigenvalue weighted by atomic mass is 9.81. The third kappa shape index (κ3) is 4.26. The quantitative estimate of drug-likeness (QED) is 0.775. The molecule has 1 aromatic rings. The van der Waals surface area contributed by atoms with Crippen molar-refractivity contribution < 1.29 is 0 Å². The van der Waals surface area contributed by atoms with E-state index in [1.165, 1.54) is 18.4 Å². The molecule has 0 bridgehead atoms. The third-order valence-corrected chi connectivity index (χ3v) is 3.51. The van der Waals surface area contributed by atoms with Crippen LogP contribution in [0.5, 0.6) is 0 Å². The van der Waals surface area contributed by atoms with Crippen LogP contribution in [0.3, 0.4) is 0 Å². The van der Waals surface area contributed by atoms with Crippen LogP contribution in [0.15, 0.2) is 28.7 Å². The number of benzene rings is 1. The molecule has 16 heavy (non-hydrogen) atoms. The van der Waals surface area contributed by atoms with Gasteiger partial charge < -0.3 is 5.32 Å². The van der Waals surface area contributed by atoms with Crippen LogP contribution in [0.1, 0.15) is 39.2 Å². The fraction of sp³-hybridized carbons (Fsp3) is 0.571. The molecule has 0 saturated carbocycles. The van der Waals surface area contributed by atoms with Crippen LogP contribution in [0.2, 0.25) is 0 Å². The fourth-order valence-electron chi connectivity index (χ4n) is 1.75. The van der Waals surface area contributed by atoms with Crippen LogP contribution < -0.4 is 5.32 Å². The maximum Gasteiger partial charge on any atom is 0.0175 e. The first-order valence-electron chi connectivity index (χ1n) is 6.03. The van der Waals surface area contributed by atoms with E-state index in [1.54, 1.807) is 0 Å². The SMILES string of the molecule is CCCNCCC(C)(C)c1ccc(Br)cc1. The molecule has 0 unspecified atom stereocenters. The van der Waals surface area contributed by atoms with Crippen LogP contribution in [-0.2, 0) is 5.41 Å². The van der Waals surface area contributed by atoms with Gasteiger partial charge in [-0.1, -0.05) is 48.8 Å². The van der Waals surface area contributed by atoms with Gasteiger partial charge in [-0.15, -0.1) is 0 Å². The van der Waals surface area contributed by atoms with Crippen molar-refractivity contribution in [3.8, 4) is 0 Å². The summed E-state index contributed by atoms with van der Waals surface area (Å²) in [5, 5.41) is 3.46. The zero-order valence-electron chi connectivity index (χ0n) is 10.5. The molecule has 2 heteroatoms. The summed E-state index contributed by atoms with van der Waals surface area (Å²) in [5.41, 5.74) is 1.66. The average molecular weight is 284 g/mol. The van der Waals surface area contributed by atoms with Crippen LogP contribution in [-0.4, -0.2) is 13.1 Å². The van der Waals surface area contributed by atoms with Crippen molar-refractivity contribution in [2.75, 3.05) is 13.1 Å². The normalized spacial score (nSPS) is 11.8. The minimum Gasteiger partial charge on any atom is -0.317 e. The fourth-order valence-corrected chi connectivity index (χ4v) is 2.01. The molecule has 1 rings (SSSR count). The van der Waals surface area contributed by atoms with E-state index in [-0.39, 0.29) is 5.41 Å². The maximum atomic E-state index is 3.47. The molecule has 1 N–H and O–H groups in total. The Labute approximate surface area is 108 Å². The number of nitrogens with one attached hydrogen (secondary N) is 1. The van der Waals surface area contributed by atoms with Gasteiger partial charge in [-0.05, 0) is 49.0 Å². The van der Waals surface area contributed by atoms with Crippen molar-refractivity contribution >= 4 is 15.9 Å². The van der Waals surface area contributed by atoms with E-state index in [0.717, 1.165) is 17.6 Å². The molecule has 0 aliphatic heterocycles. The molecule has 90 valence electrons.